The molecule has 0 bridgehead atoms. The number of nitrogens with zero attached hydrogens (tertiary/aromatic N) is 3. The van der Waals surface area contributed by atoms with Crippen LogP contribution in [0.4, 0.5) is 0 Å². The molecule has 4 nitrogen and oxygen atoms in total. The average Bonchev–Trinajstić information content (AvgIpc) is 2.46. The third-order valence-corrected chi connectivity index (χ3v) is 3.81. The van der Waals surface area contributed by atoms with Gasteiger partial charge in [0.25, 0.3) is 0 Å². The molecular formula is C14H24N4. The molecule has 0 saturated carbocycles. The van der Waals surface area contributed by atoms with Crippen LogP contribution in [0.5, 0.6) is 0 Å². The summed E-state index contributed by atoms with van der Waals surface area (Å²) in [6.07, 6.45) is 3.79. The van der Waals surface area contributed by atoms with Gasteiger partial charge in [0.15, 0.2) is 0 Å². The van der Waals surface area contributed by atoms with E-state index in [0.29, 0.717) is 6.04 Å². The molecule has 0 aliphatic carbocycles. The van der Waals surface area contributed by atoms with E-state index in [1.54, 1.807) is 0 Å². The highest BCUT2D eigenvalue weighted by molar-refractivity contribution is 5.12. The van der Waals surface area contributed by atoms with Crippen molar-refractivity contribution in [3.63, 3.8) is 0 Å². The second-order valence-electron chi connectivity index (χ2n) is 5.03. The second kappa shape index (κ2) is 6.83. The first-order valence-electron chi connectivity index (χ1n) is 6.80. The number of nitrogens with one attached hydrogen (secondary N) is 1. The zero-order chi connectivity index (χ0) is 12.8. The van der Waals surface area contributed by atoms with E-state index >= 15 is 0 Å². The summed E-state index contributed by atoms with van der Waals surface area (Å²) in [5.74, 6) is 0. The molecule has 1 atom stereocenters. The summed E-state index contributed by atoms with van der Waals surface area (Å²) >= 11 is 0. The molecule has 0 aromatic carbocycles. The Kier molecular flexibility index (Phi) is 5.11. The lowest BCUT2D eigenvalue weighted by molar-refractivity contribution is 0.183. The quantitative estimate of drug-likeness (QED) is 0.842. The Morgan fingerprint density at radius 3 is 2.89 bits per heavy atom. The van der Waals surface area contributed by atoms with Crippen LogP contribution in [-0.4, -0.2) is 61.1 Å². The third-order valence-electron chi connectivity index (χ3n) is 3.81. The first-order valence-corrected chi connectivity index (χ1v) is 6.80. The van der Waals surface area contributed by atoms with Crippen molar-refractivity contribution in [2.45, 2.75) is 13.0 Å². The van der Waals surface area contributed by atoms with E-state index in [1.807, 2.05) is 18.5 Å². The topological polar surface area (TPSA) is 31.4 Å². The largest absolute Gasteiger partial charge is 0.314 e. The van der Waals surface area contributed by atoms with Crippen LogP contribution >= 0.6 is 0 Å². The lowest BCUT2D eigenvalue weighted by Crippen LogP contribution is -2.46. The van der Waals surface area contributed by atoms with E-state index in [0.717, 1.165) is 26.2 Å². The third kappa shape index (κ3) is 3.77. The highest BCUT2D eigenvalue weighted by atomic mass is 15.2. The van der Waals surface area contributed by atoms with E-state index in [4.69, 9.17) is 0 Å². The summed E-state index contributed by atoms with van der Waals surface area (Å²) < 4.78 is 0. The number of pyridine rings is 1. The molecule has 1 aromatic heterocycles. The summed E-state index contributed by atoms with van der Waals surface area (Å²) in [5, 5.41) is 3.39. The summed E-state index contributed by atoms with van der Waals surface area (Å²) in [6, 6.07) is 4.59. The molecule has 0 amide bonds. The van der Waals surface area contributed by atoms with Gasteiger partial charge in [0.05, 0.1) is 0 Å². The number of rotatable bonds is 5. The Hall–Kier alpha value is -0.970. The van der Waals surface area contributed by atoms with Crippen LogP contribution in [0.3, 0.4) is 0 Å². The van der Waals surface area contributed by atoms with Gasteiger partial charge in [-0.1, -0.05) is 6.07 Å². The van der Waals surface area contributed by atoms with Gasteiger partial charge >= 0.3 is 0 Å². The number of likely N-dealkylation sites (N-methyl/N-ethyl adjacent to an activating group) is 1. The van der Waals surface area contributed by atoms with Crippen molar-refractivity contribution >= 4 is 0 Å². The fraction of sp³-hybridized carbons (Fsp3) is 0.643. The molecule has 0 spiro atoms. The Bertz CT molecular complexity index is 335. The van der Waals surface area contributed by atoms with Gasteiger partial charge < -0.3 is 5.32 Å². The Morgan fingerprint density at radius 1 is 1.44 bits per heavy atom. The van der Waals surface area contributed by atoms with Gasteiger partial charge in [-0.2, -0.15) is 0 Å². The SMILES string of the molecule is CC(c1cccnc1)N(C)CCN1CCNCC1. The van der Waals surface area contributed by atoms with Gasteiger partial charge in [-0.05, 0) is 25.6 Å². The van der Waals surface area contributed by atoms with Crippen LogP contribution in [0.2, 0.25) is 0 Å². The van der Waals surface area contributed by atoms with Gasteiger partial charge in [0.2, 0.25) is 0 Å². The first kappa shape index (κ1) is 13.5. The molecule has 0 radical (unpaired) electrons. The zero-order valence-electron chi connectivity index (χ0n) is 11.5. The van der Waals surface area contributed by atoms with Crippen LogP contribution in [-0.2, 0) is 0 Å². The summed E-state index contributed by atoms with van der Waals surface area (Å²) in [5.41, 5.74) is 1.29. The number of aromatic nitrogens is 1. The van der Waals surface area contributed by atoms with Gasteiger partial charge in [-0.3, -0.25) is 14.8 Å². The predicted octanol–water partition coefficient (Wildman–Crippen LogP) is 0.980. The van der Waals surface area contributed by atoms with E-state index in [1.165, 1.54) is 18.7 Å². The lowest BCUT2D eigenvalue weighted by Gasteiger charge is -2.31. The molecule has 1 N–H and O–H groups in total. The van der Waals surface area contributed by atoms with Crippen LogP contribution < -0.4 is 5.32 Å². The molecule has 100 valence electrons. The van der Waals surface area contributed by atoms with Gasteiger partial charge in [0.1, 0.15) is 0 Å². The zero-order valence-corrected chi connectivity index (χ0v) is 11.5. The normalized spacial score (nSPS) is 19.1. The van der Waals surface area contributed by atoms with Crippen LogP contribution in [0.25, 0.3) is 0 Å². The summed E-state index contributed by atoms with van der Waals surface area (Å²) in [4.78, 5) is 9.13. The summed E-state index contributed by atoms with van der Waals surface area (Å²) in [7, 11) is 2.19. The Labute approximate surface area is 110 Å². The molecule has 1 saturated heterocycles. The lowest BCUT2D eigenvalue weighted by atomic mass is 10.1. The maximum absolute atomic E-state index is 4.19. The van der Waals surface area contributed by atoms with E-state index in [-0.39, 0.29) is 0 Å². The number of hydrogen-bond donors (Lipinski definition) is 1. The van der Waals surface area contributed by atoms with Crippen molar-refractivity contribution in [1.29, 1.82) is 0 Å². The van der Waals surface area contributed by atoms with Crippen LogP contribution in [0, 0.1) is 0 Å². The van der Waals surface area contributed by atoms with Gasteiger partial charge in [-0.25, -0.2) is 0 Å². The number of hydrogen-bond acceptors (Lipinski definition) is 4. The van der Waals surface area contributed by atoms with Gasteiger partial charge in [-0.15, -0.1) is 0 Å². The standard InChI is InChI=1S/C14H24N4/c1-13(14-4-3-5-16-12-14)17(2)10-11-18-8-6-15-7-9-18/h3-5,12-13,15H,6-11H2,1-2H3. The Balaban J connectivity index is 1.78. The minimum absolute atomic E-state index is 0.432. The molecule has 4 heteroatoms. The highest BCUT2D eigenvalue weighted by Crippen LogP contribution is 2.16. The maximum atomic E-state index is 4.19. The molecule has 1 fully saturated rings. The minimum Gasteiger partial charge on any atom is -0.314 e. The van der Waals surface area contributed by atoms with Crippen LogP contribution in [0.15, 0.2) is 24.5 Å². The fourth-order valence-electron chi connectivity index (χ4n) is 2.31. The van der Waals surface area contributed by atoms with E-state index < -0.39 is 0 Å². The van der Waals surface area contributed by atoms with Crippen molar-refractivity contribution in [1.82, 2.24) is 20.1 Å². The maximum Gasteiger partial charge on any atom is 0.0332 e. The molecule has 2 heterocycles. The van der Waals surface area contributed by atoms with E-state index in [2.05, 4.69) is 40.1 Å². The predicted molar refractivity (Wildman–Crippen MR) is 74.6 cm³/mol. The first-order chi connectivity index (χ1) is 8.77. The minimum atomic E-state index is 0.432. The van der Waals surface area contributed by atoms with Crippen molar-refractivity contribution < 1.29 is 0 Å². The fourth-order valence-corrected chi connectivity index (χ4v) is 2.31. The van der Waals surface area contributed by atoms with Gasteiger partial charge in [0, 0.05) is 57.7 Å². The van der Waals surface area contributed by atoms with Crippen LogP contribution in [0.1, 0.15) is 18.5 Å². The number of piperazine rings is 1. The second-order valence-corrected chi connectivity index (χ2v) is 5.03. The van der Waals surface area contributed by atoms with Crippen molar-refractivity contribution in [3.8, 4) is 0 Å². The summed E-state index contributed by atoms with van der Waals surface area (Å²) in [6.45, 7) is 9.11. The molecule has 1 aliphatic heterocycles. The highest BCUT2D eigenvalue weighted by Gasteiger charge is 2.14. The van der Waals surface area contributed by atoms with E-state index in [9.17, 15) is 0 Å². The average molecular weight is 248 g/mol. The molecule has 1 unspecified atom stereocenters. The molecular weight excluding hydrogens is 224 g/mol. The van der Waals surface area contributed by atoms with Crippen molar-refractivity contribution in [2.75, 3.05) is 46.3 Å². The molecule has 1 aromatic rings. The molecule has 18 heavy (non-hydrogen) atoms. The Morgan fingerprint density at radius 2 is 2.22 bits per heavy atom. The smallest absolute Gasteiger partial charge is 0.0332 e. The van der Waals surface area contributed by atoms with Crippen molar-refractivity contribution in [2.24, 2.45) is 0 Å². The van der Waals surface area contributed by atoms with Crippen molar-refractivity contribution in [3.05, 3.63) is 30.1 Å². The molecule has 2 rings (SSSR count). The molecule has 1 aliphatic rings. The monoisotopic (exact) mass is 248 g/mol.